The van der Waals surface area contributed by atoms with Crippen molar-refractivity contribution in [2.24, 2.45) is 0 Å². The van der Waals surface area contributed by atoms with Crippen LogP contribution in [0.2, 0.25) is 10.0 Å². The van der Waals surface area contributed by atoms with Gasteiger partial charge in [-0.25, -0.2) is 4.98 Å². The van der Waals surface area contributed by atoms with E-state index in [0.29, 0.717) is 128 Å². The molecule has 31 heteroatoms. The lowest BCUT2D eigenvalue weighted by molar-refractivity contribution is -0.383. The highest BCUT2D eigenvalue weighted by Crippen LogP contribution is 2.42. The molecule has 0 amide bonds. The first-order valence-corrected chi connectivity index (χ1v) is 35.1. The number of hydrogen-bond donors (Lipinski definition) is 5. The highest BCUT2D eigenvalue weighted by molar-refractivity contribution is 6.33. The minimum Gasteiger partial charge on any atom is -0.395 e. The summed E-state index contributed by atoms with van der Waals surface area (Å²) in [6.45, 7) is 24.5. The summed E-state index contributed by atoms with van der Waals surface area (Å²) in [5, 5.41) is 76.2. The third-order valence-electron chi connectivity index (χ3n) is 16.9. The fourth-order valence-corrected chi connectivity index (χ4v) is 12.7. The molecule has 103 heavy (non-hydrogen) atoms. The average Bonchev–Trinajstić information content (AvgIpc) is 1.57. The number of benzene rings is 5. The number of nitrogen functional groups attached to an aromatic ring is 2. The van der Waals surface area contributed by atoms with Crippen LogP contribution in [-0.4, -0.2) is 140 Å². The Kier molecular flexibility index (Phi) is 33.0. The van der Waals surface area contributed by atoms with Gasteiger partial charge in [-0.05, 0) is 74.5 Å². The Balaban J connectivity index is 0.000000203. The zero-order valence-corrected chi connectivity index (χ0v) is 60.6. The Labute approximate surface area is 611 Å². The largest absolute Gasteiger partial charge is 0.395 e. The number of aromatic nitrogens is 2. The predicted molar refractivity (Wildman–Crippen MR) is 400 cm³/mol. The van der Waals surface area contributed by atoms with Crippen LogP contribution < -0.4 is 42.1 Å². The Morgan fingerprint density at radius 2 is 0.883 bits per heavy atom. The van der Waals surface area contributed by atoms with Crippen LogP contribution in [-0.2, 0) is 41.4 Å². The standard InChI is InChI=1S/C19H24N4O2.C16H20N4O4.C16H22N4O2.C9H8ClN3O2.C6H5ClN2O2.C4H8.C2H6/c1-2-17-21-18-15(5-3-6-16(18)23(17)10-4-9-20)22-11-7-19(8-12-22)24-13-14-25-19;17-7-2-8-18-13-3-1-4-14(15(13)20(21)22)19-9-5-16(6-10-19)23-11-12-24-16;17-7-2-8-19-13-3-1-4-14(15(13)18)20-9-5-16(6-10-20)21-11-12-22-16;10-7-3-1-4-8(9(7)13(14)15)12-6-2-5-11;7-4-2-1-3-5(8)6(4)9(10)11;1-4(2)3;1-2/h3,5-6H,2,4,7-8,10-14H2,1H3;1,3-4,18H,2,5-6,8-12H2;1,3-4,19H,2,5-6,8-12,18H2;1,3-4,12H,2,6H2;1-3H,8H2;1H2,2-3H3;1-2H3. The number of nitrogens with zero attached hydrogens (tertiary/aromatic N) is 12. The highest BCUT2D eigenvalue weighted by atomic mass is 35.5. The molecule has 29 nitrogen and oxygen atoms in total. The summed E-state index contributed by atoms with van der Waals surface area (Å²) in [6.07, 6.45) is 7.28. The summed E-state index contributed by atoms with van der Waals surface area (Å²) in [7, 11) is 0. The number of anilines is 8. The molecule has 1 aromatic heterocycles. The molecule has 0 saturated carbocycles. The summed E-state index contributed by atoms with van der Waals surface area (Å²) >= 11 is 11.2. The number of para-hydroxylation sites is 5. The normalized spacial score (nSPS) is 16.2. The summed E-state index contributed by atoms with van der Waals surface area (Å²) in [5.41, 5.74) is 19.9. The van der Waals surface area contributed by atoms with Gasteiger partial charge in [0.25, 0.3) is 0 Å². The molecule has 3 spiro atoms. The summed E-state index contributed by atoms with van der Waals surface area (Å²) in [4.78, 5) is 42.6. The molecule has 12 rings (SSSR count). The number of nitro groups is 3. The van der Waals surface area contributed by atoms with Crippen LogP contribution >= 0.6 is 23.2 Å². The van der Waals surface area contributed by atoms with Gasteiger partial charge in [0.2, 0.25) is 0 Å². The van der Waals surface area contributed by atoms with E-state index in [1.807, 2.05) is 62.9 Å². The van der Waals surface area contributed by atoms with Gasteiger partial charge in [0, 0.05) is 110 Å². The molecule has 6 aromatic rings. The Morgan fingerprint density at radius 1 is 0.534 bits per heavy atom. The van der Waals surface area contributed by atoms with Crippen molar-refractivity contribution in [3.8, 4) is 24.3 Å². The van der Waals surface area contributed by atoms with Crippen LogP contribution in [0, 0.1) is 75.7 Å². The maximum atomic E-state index is 11.6. The lowest BCUT2D eigenvalue weighted by Crippen LogP contribution is -2.45. The van der Waals surface area contributed by atoms with Crippen molar-refractivity contribution >= 4 is 96.8 Å². The van der Waals surface area contributed by atoms with Gasteiger partial charge in [-0.3, -0.25) is 30.3 Å². The van der Waals surface area contributed by atoms with Gasteiger partial charge in [0.1, 0.15) is 44.1 Å². The van der Waals surface area contributed by atoms with Crippen molar-refractivity contribution in [1.29, 1.82) is 21.0 Å². The number of nitro benzene ring substituents is 3. The molecular formula is C72H93Cl2N17O12. The lowest BCUT2D eigenvalue weighted by Gasteiger charge is -2.39. The number of hydrogen-bond acceptors (Lipinski definition) is 25. The molecule has 0 radical (unpaired) electrons. The SMILES string of the molecule is C=C(C)C.CC.CCc1nc2c(N3CCC4(CC3)OCCO4)cccc2n1CCC#N.N#CCCNc1cccc(Cl)c1[N+](=O)[O-].N#CCCNc1cccc(N2CCC3(CC2)OCCO3)c1N.N#CCCNc1cccc(N2CCC3(CC2)OCCO3)c1[N+](=O)[O-].Nc1cccc(Cl)c1[N+](=O)[O-]. The van der Waals surface area contributed by atoms with E-state index in [9.17, 15) is 30.3 Å². The van der Waals surface area contributed by atoms with E-state index in [-0.39, 0.29) is 55.7 Å². The third kappa shape index (κ3) is 23.1. The summed E-state index contributed by atoms with van der Waals surface area (Å²) < 4.78 is 36.8. The molecule has 7 N–H and O–H groups in total. The first kappa shape index (κ1) is 82.2. The zero-order chi connectivity index (χ0) is 75.0. The zero-order valence-electron chi connectivity index (χ0n) is 59.1. The molecule has 0 aliphatic carbocycles. The number of piperidine rings is 3. The number of ether oxygens (including phenoxy) is 6. The van der Waals surface area contributed by atoms with Crippen LogP contribution in [0.3, 0.4) is 0 Å². The monoisotopic (exact) mass is 1460 g/mol. The average molecular weight is 1460 g/mol. The van der Waals surface area contributed by atoms with E-state index in [2.05, 4.69) is 74.2 Å². The second kappa shape index (κ2) is 41.3. The van der Waals surface area contributed by atoms with Gasteiger partial charge in [0.15, 0.2) is 17.4 Å². The Morgan fingerprint density at radius 3 is 1.29 bits per heavy atom. The molecular weight excluding hydrogens is 1370 g/mol. The maximum absolute atomic E-state index is 11.6. The van der Waals surface area contributed by atoms with Crippen LogP contribution in [0.4, 0.5) is 62.6 Å². The van der Waals surface area contributed by atoms with Crippen molar-refractivity contribution in [2.75, 3.05) is 141 Å². The van der Waals surface area contributed by atoms with Gasteiger partial charge < -0.3 is 75.1 Å². The van der Waals surface area contributed by atoms with Crippen molar-refractivity contribution in [2.45, 2.75) is 129 Å². The van der Waals surface area contributed by atoms with Gasteiger partial charge in [-0.2, -0.15) is 21.0 Å². The molecule has 0 unspecified atom stereocenters. The second-order valence-electron chi connectivity index (χ2n) is 24.1. The minimum absolute atomic E-state index is 0.0552. The van der Waals surface area contributed by atoms with Crippen LogP contribution in [0.1, 0.15) is 105 Å². The third-order valence-corrected chi connectivity index (χ3v) is 17.6. The number of nitrogens with two attached hydrogens (primary N) is 2. The number of rotatable bonds is 18. The summed E-state index contributed by atoms with van der Waals surface area (Å²) in [5.74, 6) is -0.180. The summed E-state index contributed by atoms with van der Waals surface area (Å²) in [6, 6.07) is 34.9. The fourth-order valence-electron chi connectivity index (χ4n) is 12.2. The van der Waals surface area contributed by atoms with E-state index in [1.54, 1.807) is 36.4 Å². The molecule has 7 heterocycles. The van der Waals surface area contributed by atoms with Gasteiger partial charge in [-0.15, -0.1) is 6.58 Å². The molecule has 6 saturated heterocycles. The number of allylic oxidation sites excluding steroid dienone is 1. The second-order valence-corrected chi connectivity index (χ2v) is 24.9. The smallest absolute Gasteiger partial charge is 0.315 e. The number of fused-ring (bicyclic) bond motifs is 1. The van der Waals surface area contributed by atoms with Crippen molar-refractivity contribution in [3.05, 3.63) is 149 Å². The van der Waals surface area contributed by atoms with E-state index in [1.165, 1.54) is 29.5 Å². The van der Waals surface area contributed by atoms with E-state index in [4.69, 9.17) is 89.1 Å². The number of aryl methyl sites for hydroxylation is 2. The van der Waals surface area contributed by atoms with Crippen LogP contribution in [0.15, 0.2) is 103 Å². The molecule has 0 atom stereocenters. The number of imidazole rings is 1. The first-order valence-electron chi connectivity index (χ1n) is 34.3. The quantitative estimate of drug-likeness (QED) is 0.0175. The van der Waals surface area contributed by atoms with Crippen LogP contribution in [0.25, 0.3) is 11.0 Å². The predicted octanol–water partition coefficient (Wildman–Crippen LogP) is 14.1. The first-order chi connectivity index (χ1) is 49.7. The Bertz CT molecular complexity index is 3910. The number of nitriles is 4. The minimum atomic E-state index is -0.600. The topological polar surface area (TPSA) is 396 Å². The van der Waals surface area contributed by atoms with Gasteiger partial charge in [0.05, 0.1) is 133 Å². The molecule has 6 fully saturated rings. The van der Waals surface area contributed by atoms with Gasteiger partial charge in [-0.1, -0.05) is 79.9 Å². The van der Waals surface area contributed by atoms with E-state index in [0.717, 1.165) is 92.2 Å². The number of halogens is 2. The Hall–Kier alpha value is -9.79. The lowest BCUT2D eigenvalue weighted by atomic mass is 10.0. The van der Waals surface area contributed by atoms with Crippen molar-refractivity contribution in [1.82, 2.24) is 9.55 Å². The highest BCUT2D eigenvalue weighted by Gasteiger charge is 2.43. The molecule has 552 valence electrons. The molecule has 6 aliphatic heterocycles. The molecule has 0 bridgehead atoms. The van der Waals surface area contributed by atoms with Crippen molar-refractivity contribution in [3.63, 3.8) is 0 Å². The van der Waals surface area contributed by atoms with E-state index < -0.39 is 15.6 Å². The van der Waals surface area contributed by atoms with E-state index >= 15 is 0 Å². The van der Waals surface area contributed by atoms with Crippen molar-refractivity contribution < 1.29 is 43.2 Å². The number of nitrogens with one attached hydrogen (secondary N) is 3. The van der Waals surface area contributed by atoms with Crippen LogP contribution in [0.5, 0.6) is 0 Å². The van der Waals surface area contributed by atoms with Gasteiger partial charge >= 0.3 is 17.1 Å². The maximum Gasteiger partial charge on any atom is 0.315 e. The fraction of sp³-hybridized carbons (Fsp3) is 0.486. The molecule has 5 aromatic carbocycles. The molecule has 6 aliphatic rings.